The minimum Gasteiger partial charge on any atom is -0.506 e. The summed E-state index contributed by atoms with van der Waals surface area (Å²) in [7, 11) is 0. The number of phenolic OH excluding ortho intramolecular Hbond substituents is 1. The number of ether oxygens (including phenoxy) is 1. The number of unbranched alkanes of at least 4 members (excludes halogenated alkanes) is 7. The predicted octanol–water partition coefficient (Wildman–Crippen LogP) is 15.6. The number of benzene rings is 6. The first-order valence-corrected chi connectivity index (χ1v) is 22.2. The van der Waals surface area contributed by atoms with E-state index in [1.54, 1.807) is 0 Å². The van der Waals surface area contributed by atoms with Crippen molar-refractivity contribution in [2.24, 2.45) is 20.5 Å². The van der Waals surface area contributed by atoms with Crippen LogP contribution in [0.2, 0.25) is 0 Å². The van der Waals surface area contributed by atoms with Crippen molar-refractivity contribution >= 4 is 111 Å². The van der Waals surface area contributed by atoms with Crippen LogP contribution in [0.25, 0.3) is 22.4 Å². The lowest BCUT2D eigenvalue weighted by Gasteiger charge is -2.17. The molecule has 0 unspecified atom stereocenters. The number of halogens is 3. The van der Waals surface area contributed by atoms with Gasteiger partial charge in [0.25, 0.3) is 5.91 Å². The number of carbonyl (C=O) groups is 1. The molecule has 1 heterocycles. The lowest BCUT2D eigenvalue weighted by atomic mass is 10.0. The topological polar surface area (TPSA) is 99.2 Å². The molecular formula is C47H42Br2IN5O3. The van der Waals surface area contributed by atoms with Crippen LogP contribution in [0.15, 0.2) is 151 Å². The van der Waals surface area contributed by atoms with Crippen LogP contribution in [-0.4, -0.2) is 24.2 Å². The van der Waals surface area contributed by atoms with E-state index in [2.05, 4.69) is 111 Å². The van der Waals surface area contributed by atoms with Gasteiger partial charge in [0.1, 0.15) is 17.2 Å². The second kappa shape index (κ2) is 20.3. The molecule has 0 aliphatic carbocycles. The molecule has 7 rings (SSSR count). The number of anilines is 1. The van der Waals surface area contributed by atoms with Crippen LogP contribution in [0.3, 0.4) is 0 Å². The van der Waals surface area contributed by atoms with Crippen molar-refractivity contribution in [1.82, 2.24) is 0 Å². The first-order valence-electron chi connectivity index (χ1n) is 19.5. The average molecular weight is 1010 g/mol. The van der Waals surface area contributed by atoms with E-state index >= 15 is 0 Å². The second-order valence-corrected chi connectivity index (χ2v) is 17.0. The van der Waals surface area contributed by atoms with E-state index in [9.17, 15) is 9.90 Å². The van der Waals surface area contributed by atoms with Crippen molar-refractivity contribution in [2.45, 2.75) is 51.4 Å². The molecule has 1 aliphatic heterocycles. The minimum absolute atomic E-state index is 0.0204. The van der Waals surface area contributed by atoms with Gasteiger partial charge < -0.3 is 14.7 Å². The number of rotatable bonds is 17. The van der Waals surface area contributed by atoms with Gasteiger partial charge in [0.2, 0.25) is 0 Å². The van der Waals surface area contributed by atoms with E-state index in [1.807, 2.05) is 95.9 Å². The Hall–Kier alpha value is -4.72. The fourth-order valence-corrected chi connectivity index (χ4v) is 8.61. The van der Waals surface area contributed by atoms with Crippen LogP contribution in [0, 0.1) is 3.57 Å². The number of amides is 1. The quantitative estimate of drug-likeness (QED) is 0.0426. The Morgan fingerprint density at radius 2 is 1.26 bits per heavy atom. The molecule has 58 heavy (non-hydrogen) atoms. The van der Waals surface area contributed by atoms with Gasteiger partial charge >= 0.3 is 0 Å². The number of phenols is 1. The van der Waals surface area contributed by atoms with Crippen LogP contribution in [-0.2, 0) is 4.79 Å². The molecule has 6 aromatic carbocycles. The minimum atomic E-state index is 0.0204. The van der Waals surface area contributed by atoms with Crippen LogP contribution in [0.4, 0.5) is 28.4 Å². The van der Waals surface area contributed by atoms with Crippen molar-refractivity contribution in [1.29, 1.82) is 0 Å². The van der Waals surface area contributed by atoms with E-state index in [1.165, 1.54) is 12.8 Å². The molecular weight excluding hydrogens is 969 g/mol. The van der Waals surface area contributed by atoms with Gasteiger partial charge in [0, 0.05) is 26.6 Å². The Kier molecular flexibility index (Phi) is 14.5. The molecule has 0 bridgehead atoms. The van der Waals surface area contributed by atoms with E-state index < -0.39 is 0 Å². The van der Waals surface area contributed by atoms with E-state index in [0.29, 0.717) is 27.7 Å². The zero-order valence-corrected chi connectivity index (χ0v) is 37.2. The third-order valence-electron chi connectivity index (χ3n) is 9.91. The van der Waals surface area contributed by atoms with Gasteiger partial charge in [-0.2, -0.15) is 15.3 Å². The maximum absolute atomic E-state index is 13.7. The lowest BCUT2D eigenvalue weighted by molar-refractivity contribution is -0.113. The van der Waals surface area contributed by atoms with E-state index in [-0.39, 0.29) is 11.7 Å². The number of hydrogen-bond acceptors (Lipinski definition) is 7. The summed E-state index contributed by atoms with van der Waals surface area (Å²) in [5.41, 5.74) is 6.41. The Balaban J connectivity index is 0.846. The molecule has 0 saturated heterocycles. The van der Waals surface area contributed by atoms with E-state index in [0.717, 1.165) is 98.2 Å². The first-order chi connectivity index (χ1) is 28.3. The number of hydrogen-bond donors (Lipinski definition) is 1. The van der Waals surface area contributed by atoms with Crippen molar-refractivity contribution in [3.05, 3.63) is 145 Å². The molecule has 1 N–H and O–H groups in total. The summed E-state index contributed by atoms with van der Waals surface area (Å²) in [6.07, 6.45) is 10.6. The zero-order chi connectivity index (χ0) is 40.3. The summed E-state index contributed by atoms with van der Waals surface area (Å²) >= 11 is 9.11. The van der Waals surface area contributed by atoms with Crippen molar-refractivity contribution in [2.75, 3.05) is 18.1 Å². The second-order valence-electron chi connectivity index (χ2n) is 14.1. The highest BCUT2D eigenvalue weighted by Gasteiger charge is 2.32. The standard InChI is InChI=1S/C47H42Br2IN5O3/c48-41-29-32(30-42(49)46(41)56)28-40-39-31-34(50)19-24-43(39)55(47(40)57)26-12-5-3-1-2-4-6-13-27-58-44-25-18-33-14-10-11-17-38(33)45(44)54-53-37-22-20-36(21-23-37)52-51-35-15-8-7-9-16-35/h7-11,14-25,28-31,56H,1-6,12-13,26-27H2/b40-28?,52-51+,54-53?. The summed E-state index contributed by atoms with van der Waals surface area (Å²) in [4.78, 5) is 15.6. The van der Waals surface area contributed by atoms with Gasteiger partial charge in [-0.3, -0.25) is 4.79 Å². The Bertz CT molecular complexity index is 2450. The molecule has 294 valence electrons. The molecule has 0 atom stereocenters. The SMILES string of the molecule is O=C1C(=Cc2cc(Br)c(O)c(Br)c2)c2cc(I)ccc2N1CCCCCCCCCCOc1ccc2ccccc2c1N=Nc1ccc(/N=N/c2ccccc2)cc1. The highest BCUT2D eigenvalue weighted by molar-refractivity contribution is 14.1. The smallest absolute Gasteiger partial charge is 0.258 e. The predicted molar refractivity (Wildman–Crippen MR) is 251 cm³/mol. The number of nitrogens with zero attached hydrogens (tertiary/aromatic N) is 5. The molecule has 0 saturated carbocycles. The Labute approximate surface area is 369 Å². The number of carbonyl (C=O) groups excluding carboxylic acids is 1. The normalized spacial score (nSPS) is 13.4. The highest BCUT2D eigenvalue weighted by atomic mass is 127. The van der Waals surface area contributed by atoms with Crippen LogP contribution in [0.5, 0.6) is 11.5 Å². The summed E-state index contributed by atoms with van der Waals surface area (Å²) in [5, 5.41) is 30.1. The van der Waals surface area contributed by atoms with Gasteiger partial charge in [-0.1, -0.05) is 87.1 Å². The van der Waals surface area contributed by atoms with Crippen LogP contribution >= 0.6 is 54.5 Å². The highest BCUT2D eigenvalue weighted by Crippen LogP contribution is 2.41. The van der Waals surface area contributed by atoms with Gasteiger partial charge in [0.05, 0.1) is 38.3 Å². The Morgan fingerprint density at radius 3 is 1.97 bits per heavy atom. The Morgan fingerprint density at radius 1 is 0.655 bits per heavy atom. The summed E-state index contributed by atoms with van der Waals surface area (Å²) in [6, 6.07) is 39.2. The largest absolute Gasteiger partial charge is 0.506 e. The molecule has 0 radical (unpaired) electrons. The molecule has 6 aromatic rings. The molecule has 11 heteroatoms. The fourth-order valence-electron chi connectivity index (χ4n) is 6.90. The molecule has 0 fully saturated rings. The van der Waals surface area contributed by atoms with Crippen molar-refractivity contribution in [3.8, 4) is 11.5 Å². The zero-order valence-electron chi connectivity index (χ0n) is 31.8. The van der Waals surface area contributed by atoms with Gasteiger partial charge in [-0.25, -0.2) is 0 Å². The molecule has 0 spiro atoms. The third-order valence-corrected chi connectivity index (χ3v) is 11.8. The fraction of sp³-hybridized carbons (Fsp3) is 0.213. The lowest BCUT2D eigenvalue weighted by Crippen LogP contribution is -2.27. The van der Waals surface area contributed by atoms with Crippen LogP contribution in [0.1, 0.15) is 62.5 Å². The average Bonchev–Trinajstić information content (AvgIpc) is 3.49. The van der Waals surface area contributed by atoms with Gasteiger partial charge in [-0.05, 0) is 157 Å². The van der Waals surface area contributed by atoms with Crippen molar-refractivity contribution in [3.63, 3.8) is 0 Å². The van der Waals surface area contributed by atoms with Crippen LogP contribution < -0.4 is 9.64 Å². The summed E-state index contributed by atoms with van der Waals surface area (Å²) in [5.74, 6) is 0.890. The maximum Gasteiger partial charge on any atom is 0.258 e. The van der Waals surface area contributed by atoms with Crippen molar-refractivity contribution < 1.29 is 14.6 Å². The number of fused-ring (bicyclic) bond motifs is 2. The van der Waals surface area contributed by atoms with E-state index in [4.69, 9.17) is 4.74 Å². The molecule has 0 aromatic heterocycles. The molecule has 8 nitrogen and oxygen atoms in total. The first kappa shape index (κ1) is 41.4. The number of aromatic hydroxyl groups is 1. The van der Waals surface area contributed by atoms with Gasteiger partial charge in [0.15, 0.2) is 0 Å². The monoisotopic (exact) mass is 1010 g/mol. The number of azo groups is 2. The third kappa shape index (κ3) is 10.7. The van der Waals surface area contributed by atoms with Gasteiger partial charge in [-0.15, -0.1) is 5.11 Å². The molecule has 1 amide bonds. The summed E-state index contributed by atoms with van der Waals surface area (Å²) < 4.78 is 8.53. The maximum atomic E-state index is 13.7. The molecule has 1 aliphatic rings. The summed E-state index contributed by atoms with van der Waals surface area (Å²) in [6.45, 7) is 1.30.